The average molecular weight is 371 g/mol. The number of methoxy groups -OCH3 is 1. The Labute approximate surface area is 156 Å². The summed E-state index contributed by atoms with van der Waals surface area (Å²) in [5.74, 6) is -0.635. The fraction of sp³-hybridized carbons (Fsp3) is 0.300. The number of carboxylic acid groups (broad SMARTS) is 1. The Bertz CT molecular complexity index is 808. The molecule has 0 aliphatic carbocycles. The smallest absolute Gasteiger partial charge is 0.308 e. The molecule has 0 saturated carbocycles. The second-order valence-electron chi connectivity index (χ2n) is 6.20. The van der Waals surface area contributed by atoms with Crippen LogP contribution in [0.4, 0.5) is 0 Å². The fourth-order valence-electron chi connectivity index (χ4n) is 3.11. The molecule has 2 N–H and O–H groups in total. The summed E-state index contributed by atoms with van der Waals surface area (Å²) in [5, 5.41) is 12.4. The summed E-state index contributed by atoms with van der Waals surface area (Å²) in [6, 6.07) is 15.2. The monoisotopic (exact) mass is 371 g/mol. The zero-order valence-corrected chi connectivity index (χ0v) is 15.3. The highest BCUT2D eigenvalue weighted by Crippen LogP contribution is 2.39. The first-order valence-corrected chi connectivity index (χ1v) is 9.43. The van der Waals surface area contributed by atoms with Crippen molar-refractivity contribution in [1.29, 1.82) is 0 Å². The normalized spacial score (nSPS) is 16.6. The number of benzene rings is 2. The van der Waals surface area contributed by atoms with Crippen molar-refractivity contribution in [3.8, 4) is 5.75 Å². The van der Waals surface area contributed by atoms with E-state index < -0.39 is 11.9 Å². The number of amides is 1. The summed E-state index contributed by atoms with van der Waals surface area (Å²) >= 11 is 1.66. The van der Waals surface area contributed by atoms with Gasteiger partial charge in [0.1, 0.15) is 5.75 Å². The largest absolute Gasteiger partial charge is 0.496 e. The van der Waals surface area contributed by atoms with E-state index >= 15 is 0 Å². The molecule has 1 aliphatic heterocycles. The average Bonchev–Trinajstić information content (AvgIpc) is 3.09. The highest BCUT2D eigenvalue weighted by molar-refractivity contribution is 7.99. The minimum atomic E-state index is -0.933. The van der Waals surface area contributed by atoms with Gasteiger partial charge in [-0.05, 0) is 29.7 Å². The second kappa shape index (κ2) is 8.27. The lowest BCUT2D eigenvalue weighted by molar-refractivity contribution is -0.141. The van der Waals surface area contributed by atoms with Gasteiger partial charge >= 0.3 is 5.97 Å². The van der Waals surface area contributed by atoms with Crippen LogP contribution in [-0.4, -0.2) is 36.4 Å². The van der Waals surface area contributed by atoms with Gasteiger partial charge in [-0.15, -0.1) is 11.8 Å². The van der Waals surface area contributed by atoms with Gasteiger partial charge in [0.25, 0.3) is 0 Å². The van der Waals surface area contributed by atoms with Crippen LogP contribution >= 0.6 is 11.8 Å². The van der Waals surface area contributed by atoms with Crippen LogP contribution in [-0.2, 0) is 16.0 Å². The molecular formula is C20H21NO4S. The third-order valence-corrected chi connectivity index (χ3v) is 5.73. The van der Waals surface area contributed by atoms with Gasteiger partial charge in [0.05, 0.1) is 18.9 Å². The number of para-hydroxylation sites is 1. The van der Waals surface area contributed by atoms with Crippen LogP contribution in [0.2, 0.25) is 0 Å². The molecule has 1 aliphatic rings. The van der Waals surface area contributed by atoms with E-state index in [0.29, 0.717) is 17.9 Å². The number of carbonyl (C=O) groups is 2. The molecule has 0 aromatic heterocycles. The SMILES string of the molecule is COc1ccccc1CC(CNC(=O)C1CSc2ccccc21)C(=O)O. The maximum atomic E-state index is 12.6. The Morgan fingerprint density at radius 3 is 2.73 bits per heavy atom. The van der Waals surface area contributed by atoms with E-state index in [9.17, 15) is 14.7 Å². The van der Waals surface area contributed by atoms with E-state index in [1.54, 1.807) is 24.9 Å². The van der Waals surface area contributed by atoms with E-state index in [0.717, 1.165) is 16.0 Å². The summed E-state index contributed by atoms with van der Waals surface area (Å²) in [4.78, 5) is 25.3. The molecule has 0 bridgehead atoms. The van der Waals surface area contributed by atoms with Crippen molar-refractivity contribution < 1.29 is 19.4 Å². The third kappa shape index (κ3) is 4.02. The quantitative estimate of drug-likeness (QED) is 0.783. The van der Waals surface area contributed by atoms with Crippen LogP contribution in [0.15, 0.2) is 53.4 Å². The first kappa shape index (κ1) is 18.3. The van der Waals surface area contributed by atoms with Gasteiger partial charge in [-0.25, -0.2) is 0 Å². The molecule has 0 saturated heterocycles. The predicted molar refractivity (Wildman–Crippen MR) is 101 cm³/mol. The van der Waals surface area contributed by atoms with Crippen molar-refractivity contribution in [2.75, 3.05) is 19.4 Å². The lowest BCUT2D eigenvalue weighted by Gasteiger charge is -2.17. The number of hydrogen-bond acceptors (Lipinski definition) is 4. The van der Waals surface area contributed by atoms with Gasteiger partial charge in [-0.2, -0.15) is 0 Å². The lowest BCUT2D eigenvalue weighted by atomic mass is 9.97. The molecule has 2 aromatic rings. The van der Waals surface area contributed by atoms with Crippen LogP contribution in [0.25, 0.3) is 0 Å². The summed E-state index contributed by atoms with van der Waals surface area (Å²) in [6.07, 6.45) is 0.301. The van der Waals surface area contributed by atoms with Crippen molar-refractivity contribution in [3.05, 3.63) is 59.7 Å². The minimum Gasteiger partial charge on any atom is -0.496 e. The van der Waals surface area contributed by atoms with E-state index in [1.165, 1.54) is 0 Å². The Morgan fingerprint density at radius 2 is 1.96 bits per heavy atom. The molecular weight excluding hydrogens is 350 g/mol. The van der Waals surface area contributed by atoms with Crippen molar-refractivity contribution in [1.82, 2.24) is 5.32 Å². The van der Waals surface area contributed by atoms with Crippen LogP contribution in [0.1, 0.15) is 17.0 Å². The third-order valence-electron chi connectivity index (χ3n) is 4.55. The molecule has 0 spiro atoms. The molecule has 1 amide bonds. The number of carbonyl (C=O) groups excluding carboxylic acids is 1. The van der Waals surface area contributed by atoms with E-state index in [4.69, 9.17) is 4.74 Å². The number of ether oxygens (including phenoxy) is 1. The minimum absolute atomic E-state index is 0.0928. The number of thioether (sulfide) groups is 1. The van der Waals surface area contributed by atoms with Gasteiger partial charge in [0, 0.05) is 17.2 Å². The molecule has 3 rings (SSSR count). The predicted octanol–water partition coefficient (Wildman–Crippen LogP) is 2.94. The summed E-state index contributed by atoms with van der Waals surface area (Å²) in [6.45, 7) is 0.0928. The maximum Gasteiger partial charge on any atom is 0.308 e. The molecule has 6 heteroatoms. The van der Waals surface area contributed by atoms with Crippen LogP contribution in [0, 0.1) is 5.92 Å². The lowest BCUT2D eigenvalue weighted by Crippen LogP contribution is -2.37. The van der Waals surface area contributed by atoms with Gasteiger partial charge in [-0.3, -0.25) is 9.59 Å². The number of hydrogen-bond donors (Lipinski definition) is 2. The molecule has 1 heterocycles. The Hall–Kier alpha value is -2.47. The van der Waals surface area contributed by atoms with Gasteiger partial charge in [0.15, 0.2) is 0 Å². The number of rotatable bonds is 7. The molecule has 136 valence electrons. The van der Waals surface area contributed by atoms with E-state index in [1.807, 2.05) is 42.5 Å². The number of aliphatic carboxylic acids is 1. The molecule has 5 nitrogen and oxygen atoms in total. The van der Waals surface area contributed by atoms with Crippen molar-refractivity contribution in [2.24, 2.45) is 5.92 Å². The number of nitrogens with one attached hydrogen (secondary N) is 1. The molecule has 2 aromatic carbocycles. The van der Waals surface area contributed by atoms with Crippen LogP contribution < -0.4 is 10.1 Å². The second-order valence-corrected chi connectivity index (χ2v) is 7.26. The Kier molecular flexibility index (Phi) is 5.83. The molecule has 2 atom stereocenters. The van der Waals surface area contributed by atoms with Gasteiger partial charge in [-0.1, -0.05) is 36.4 Å². The van der Waals surface area contributed by atoms with Crippen molar-refractivity contribution in [2.45, 2.75) is 17.2 Å². The standard InChI is InChI=1S/C20H21NO4S/c1-25-17-8-4-2-6-13(17)10-14(20(23)24)11-21-19(22)16-12-26-18-9-5-3-7-15(16)18/h2-9,14,16H,10-12H2,1H3,(H,21,22)(H,23,24). The van der Waals surface area contributed by atoms with Gasteiger partial charge < -0.3 is 15.2 Å². The summed E-state index contributed by atoms with van der Waals surface area (Å²) in [5.41, 5.74) is 1.84. The molecule has 0 fully saturated rings. The van der Waals surface area contributed by atoms with Crippen molar-refractivity contribution >= 4 is 23.6 Å². The first-order valence-electron chi connectivity index (χ1n) is 8.44. The van der Waals surface area contributed by atoms with Crippen molar-refractivity contribution in [3.63, 3.8) is 0 Å². The summed E-state index contributed by atoms with van der Waals surface area (Å²) in [7, 11) is 1.56. The van der Waals surface area contributed by atoms with E-state index in [2.05, 4.69) is 5.32 Å². The van der Waals surface area contributed by atoms with Crippen LogP contribution in [0.5, 0.6) is 5.75 Å². The summed E-state index contributed by atoms with van der Waals surface area (Å²) < 4.78 is 5.29. The van der Waals surface area contributed by atoms with E-state index in [-0.39, 0.29) is 18.4 Å². The first-order chi connectivity index (χ1) is 12.6. The fourth-order valence-corrected chi connectivity index (χ4v) is 4.34. The zero-order chi connectivity index (χ0) is 18.5. The van der Waals surface area contributed by atoms with Gasteiger partial charge in [0.2, 0.25) is 5.91 Å². The van der Waals surface area contributed by atoms with Crippen LogP contribution in [0.3, 0.4) is 0 Å². The number of fused-ring (bicyclic) bond motifs is 1. The maximum absolute atomic E-state index is 12.6. The Balaban J connectivity index is 1.64. The molecule has 0 radical (unpaired) electrons. The molecule has 2 unspecified atom stereocenters. The highest BCUT2D eigenvalue weighted by Gasteiger charge is 2.30. The zero-order valence-electron chi connectivity index (χ0n) is 14.5. The Morgan fingerprint density at radius 1 is 1.23 bits per heavy atom. The molecule has 26 heavy (non-hydrogen) atoms. The number of carboxylic acids is 1. The highest BCUT2D eigenvalue weighted by atomic mass is 32.2. The topological polar surface area (TPSA) is 75.6 Å².